The maximum Gasteiger partial charge on any atom is 0.220 e. The van der Waals surface area contributed by atoms with Gasteiger partial charge in [0, 0.05) is 24.2 Å². The molecule has 0 saturated carbocycles. The molecule has 0 aliphatic carbocycles. The highest BCUT2D eigenvalue weighted by atomic mass is 35.5. The van der Waals surface area contributed by atoms with Crippen molar-refractivity contribution in [3.63, 3.8) is 0 Å². The van der Waals surface area contributed by atoms with Crippen molar-refractivity contribution in [3.05, 3.63) is 83.1 Å². The Balaban J connectivity index is 1.45. The lowest BCUT2D eigenvalue weighted by Gasteiger charge is -2.12. The second-order valence-electron chi connectivity index (χ2n) is 6.00. The van der Waals surface area contributed by atoms with Gasteiger partial charge in [-0.3, -0.25) is 4.79 Å². The van der Waals surface area contributed by atoms with E-state index in [1.165, 1.54) is 0 Å². The van der Waals surface area contributed by atoms with E-state index in [4.69, 9.17) is 11.6 Å². The first-order valence-corrected chi connectivity index (χ1v) is 8.79. The van der Waals surface area contributed by atoms with Gasteiger partial charge in [0.2, 0.25) is 5.91 Å². The van der Waals surface area contributed by atoms with Gasteiger partial charge in [-0.1, -0.05) is 41.9 Å². The maximum absolute atomic E-state index is 12.0. The minimum absolute atomic E-state index is 0.106. The molecule has 0 bridgehead atoms. The smallest absolute Gasteiger partial charge is 0.220 e. The quantitative estimate of drug-likeness (QED) is 0.671. The second-order valence-corrected chi connectivity index (χ2v) is 6.44. The molecule has 2 N–H and O–H groups in total. The van der Waals surface area contributed by atoms with Gasteiger partial charge in [0.15, 0.2) is 0 Å². The summed E-state index contributed by atoms with van der Waals surface area (Å²) in [7, 11) is 0. The predicted octanol–water partition coefficient (Wildman–Crippen LogP) is 3.31. The number of carbonyl (C=O) groups excluding carboxylic acids is 1. The summed E-state index contributed by atoms with van der Waals surface area (Å²) in [4.78, 5) is 12.0. The third kappa shape index (κ3) is 4.94. The number of aliphatic hydroxyl groups excluding tert-OH is 1. The molecule has 1 heterocycles. The highest BCUT2D eigenvalue weighted by molar-refractivity contribution is 6.30. The summed E-state index contributed by atoms with van der Waals surface area (Å²) in [5.41, 5.74) is 2.69. The lowest BCUT2D eigenvalue weighted by molar-refractivity contribution is -0.121. The van der Waals surface area contributed by atoms with Crippen molar-refractivity contribution in [2.45, 2.75) is 18.9 Å². The monoisotopic (exact) mass is 369 g/mol. The standard InChI is InChI=1S/C20H20ClN3O2/c21-17-9-7-16(8-10-17)19(25)13-22-20(26)11-6-15-12-23-24(14-15)18-4-2-1-3-5-18/h1-5,7-10,12,14,19,25H,6,11,13H2,(H,22,26)/t19-/m1/s1. The van der Waals surface area contributed by atoms with Gasteiger partial charge in [-0.25, -0.2) is 4.68 Å². The van der Waals surface area contributed by atoms with E-state index in [0.29, 0.717) is 17.9 Å². The first-order chi connectivity index (χ1) is 12.6. The van der Waals surface area contributed by atoms with Crippen molar-refractivity contribution < 1.29 is 9.90 Å². The highest BCUT2D eigenvalue weighted by Gasteiger charge is 2.10. The van der Waals surface area contributed by atoms with Crippen molar-refractivity contribution in [2.75, 3.05) is 6.54 Å². The summed E-state index contributed by atoms with van der Waals surface area (Å²) in [6.07, 6.45) is 3.87. The minimum atomic E-state index is -0.753. The van der Waals surface area contributed by atoms with Crippen LogP contribution in [0.15, 0.2) is 67.0 Å². The van der Waals surface area contributed by atoms with Crippen molar-refractivity contribution in [3.8, 4) is 5.69 Å². The number of benzene rings is 2. The maximum atomic E-state index is 12.0. The molecule has 3 rings (SSSR count). The molecule has 0 saturated heterocycles. The normalized spacial score (nSPS) is 11.9. The fourth-order valence-corrected chi connectivity index (χ4v) is 2.70. The predicted molar refractivity (Wildman–Crippen MR) is 101 cm³/mol. The first kappa shape index (κ1) is 18.2. The lowest BCUT2D eigenvalue weighted by Crippen LogP contribution is -2.28. The number of aromatic nitrogens is 2. The Hall–Kier alpha value is -2.63. The Kier molecular flexibility index (Phi) is 6.04. The third-order valence-electron chi connectivity index (χ3n) is 4.04. The molecule has 0 fully saturated rings. The minimum Gasteiger partial charge on any atom is -0.387 e. The number of rotatable bonds is 7. The van der Waals surface area contributed by atoms with E-state index in [0.717, 1.165) is 16.8 Å². The van der Waals surface area contributed by atoms with Gasteiger partial charge >= 0.3 is 0 Å². The van der Waals surface area contributed by atoms with Crippen LogP contribution in [-0.4, -0.2) is 27.3 Å². The van der Waals surface area contributed by atoms with Gasteiger partial charge in [-0.15, -0.1) is 0 Å². The molecule has 0 unspecified atom stereocenters. The van der Waals surface area contributed by atoms with Gasteiger partial charge in [-0.2, -0.15) is 5.10 Å². The van der Waals surface area contributed by atoms with E-state index in [-0.39, 0.29) is 12.5 Å². The number of hydrogen-bond donors (Lipinski definition) is 2. The average molecular weight is 370 g/mol. The summed E-state index contributed by atoms with van der Waals surface area (Å²) < 4.78 is 1.79. The Morgan fingerprint density at radius 2 is 1.88 bits per heavy atom. The van der Waals surface area contributed by atoms with Crippen LogP contribution in [0.4, 0.5) is 0 Å². The summed E-state index contributed by atoms with van der Waals surface area (Å²) in [6, 6.07) is 16.7. The van der Waals surface area contributed by atoms with Crippen molar-refractivity contribution in [2.24, 2.45) is 0 Å². The number of para-hydroxylation sites is 1. The van der Waals surface area contributed by atoms with Crippen LogP contribution >= 0.6 is 11.6 Å². The number of nitrogens with one attached hydrogen (secondary N) is 1. The van der Waals surface area contributed by atoms with Crippen LogP contribution in [-0.2, 0) is 11.2 Å². The summed E-state index contributed by atoms with van der Waals surface area (Å²) in [6.45, 7) is 0.170. The van der Waals surface area contributed by atoms with Crippen molar-refractivity contribution >= 4 is 17.5 Å². The van der Waals surface area contributed by atoms with Crippen LogP contribution in [0.5, 0.6) is 0 Å². The molecule has 2 aromatic carbocycles. The third-order valence-corrected chi connectivity index (χ3v) is 4.30. The number of halogens is 1. The molecule has 0 aliphatic rings. The van der Waals surface area contributed by atoms with Crippen LogP contribution in [0.1, 0.15) is 23.7 Å². The van der Waals surface area contributed by atoms with E-state index < -0.39 is 6.10 Å². The van der Waals surface area contributed by atoms with Gasteiger partial charge in [0.25, 0.3) is 0 Å². The zero-order chi connectivity index (χ0) is 18.4. The number of hydrogen-bond acceptors (Lipinski definition) is 3. The number of carbonyl (C=O) groups is 1. The second kappa shape index (κ2) is 8.65. The molecular weight excluding hydrogens is 350 g/mol. The van der Waals surface area contributed by atoms with Crippen LogP contribution in [0, 0.1) is 0 Å². The van der Waals surface area contributed by atoms with Gasteiger partial charge in [0.1, 0.15) is 0 Å². The molecule has 0 radical (unpaired) electrons. The Morgan fingerprint density at radius 1 is 1.15 bits per heavy atom. The molecule has 5 nitrogen and oxygen atoms in total. The molecule has 134 valence electrons. The molecule has 26 heavy (non-hydrogen) atoms. The molecule has 6 heteroatoms. The summed E-state index contributed by atoms with van der Waals surface area (Å²) >= 11 is 5.83. The molecular formula is C20H20ClN3O2. The Labute approximate surface area is 157 Å². The van der Waals surface area contributed by atoms with Crippen LogP contribution < -0.4 is 5.32 Å². The molecule has 1 amide bonds. The molecule has 0 aliphatic heterocycles. The topological polar surface area (TPSA) is 67.2 Å². The van der Waals surface area contributed by atoms with Crippen molar-refractivity contribution in [1.29, 1.82) is 0 Å². The molecule has 1 aromatic heterocycles. The first-order valence-electron chi connectivity index (χ1n) is 8.41. The molecule has 3 aromatic rings. The van der Waals surface area contributed by atoms with E-state index in [1.807, 2.05) is 36.5 Å². The Bertz CT molecular complexity index is 847. The average Bonchev–Trinajstić information content (AvgIpc) is 3.15. The zero-order valence-electron chi connectivity index (χ0n) is 14.2. The number of amides is 1. The SMILES string of the molecule is O=C(CCc1cnn(-c2ccccc2)c1)NC[C@@H](O)c1ccc(Cl)cc1. The fraction of sp³-hybridized carbons (Fsp3) is 0.200. The Morgan fingerprint density at radius 3 is 2.62 bits per heavy atom. The number of aryl methyl sites for hydroxylation is 1. The van der Waals surface area contributed by atoms with E-state index >= 15 is 0 Å². The van der Waals surface area contributed by atoms with Gasteiger partial charge < -0.3 is 10.4 Å². The highest BCUT2D eigenvalue weighted by Crippen LogP contribution is 2.16. The zero-order valence-corrected chi connectivity index (χ0v) is 14.9. The van der Waals surface area contributed by atoms with Crippen LogP contribution in [0.2, 0.25) is 5.02 Å². The largest absolute Gasteiger partial charge is 0.387 e. The lowest BCUT2D eigenvalue weighted by atomic mass is 10.1. The van der Waals surface area contributed by atoms with E-state index in [1.54, 1.807) is 35.1 Å². The molecule has 1 atom stereocenters. The van der Waals surface area contributed by atoms with E-state index in [2.05, 4.69) is 10.4 Å². The van der Waals surface area contributed by atoms with Crippen LogP contribution in [0.25, 0.3) is 5.69 Å². The van der Waals surface area contributed by atoms with E-state index in [9.17, 15) is 9.90 Å². The van der Waals surface area contributed by atoms with Gasteiger partial charge in [-0.05, 0) is 41.8 Å². The van der Waals surface area contributed by atoms with Crippen LogP contribution in [0.3, 0.4) is 0 Å². The molecule has 0 spiro atoms. The number of nitrogens with zero attached hydrogens (tertiary/aromatic N) is 2. The summed E-state index contributed by atoms with van der Waals surface area (Å²) in [5.74, 6) is -0.106. The number of aliphatic hydroxyl groups is 1. The summed E-state index contributed by atoms with van der Waals surface area (Å²) in [5, 5.41) is 17.8. The van der Waals surface area contributed by atoms with Gasteiger partial charge in [0.05, 0.1) is 18.0 Å². The fourth-order valence-electron chi connectivity index (χ4n) is 2.57. The van der Waals surface area contributed by atoms with Crippen molar-refractivity contribution in [1.82, 2.24) is 15.1 Å².